The molecule has 1 N–H and O–H groups in total. The van der Waals surface area contributed by atoms with Gasteiger partial charge < -0.3 is 5.32 Å². The van der Waals surface area contributed by atoms with Crippen molar-refractivity contribution in [3.8, 4) is 0 Å². The van der Waals surface area contributed by atoms with Crippen molar-refractivity contribution in [3.63, 3.8) is 0 Å². The van der Waals surface area contributed by atoms with Crippen LogP contribution in [0.3, 0.4) is 0 Å². The molecular weight excluding hydrogens is 295 g/mol. The summed E-state index contributed by atoms with van der Waals surface area (Å²) in [4.78, 5) is 2.44. The molecule has 0 saturated carbocycles. The highest BCUT2D eigenvalue weighted by molar-refractivity contribution is 9.10. The molecule has 0 bridgehead atoms. The van der Waals surface area contributed by atoms with Crippen LogP contribution in [0.25, 0.3) is 0 Å². The molecule has 0 atom stereocenters. The molecule has 2 nitrogen and oxygen atoms in total. The van der Waals surface area contributed by atoms with Crippen LogP contribution in [0.4, 0.5) is 4.39 Å². The SMILES string of the molecule is CCN(Cc1cc(F)ccc1Br)C1CCNCC1. The van der Waals surface area contributed by atoms with Gasteiger partial charge in [-0.15, -0.1) is 0 Å². The molecule has 1 aromatic carbocycles. The van der Waals surface area contributed by atoms with E-state index in [4.69, 9.17) is 0 Å². The Morgan fingerprint density at radius 2 is 2.11 bits per heavy atom. The molecule has 18 heavy (non-hydrogen) atoms. The average Bonchev–Trinajstić information content (AvgIpc) is 2.41. The van der Waals surface area contributed by atoms with Crippen LogP contribution < -0.4 is 5.32 Å². The van der Waals surface area contributed by atoms with Crippen molar-refractivity contribution in [2.45, 2.75) is 32.4 Å². The van der Waals surface area contributed by atoms with Crippen LogP contribution in [0.1, 0.15) is 25.3 Å². The predicted octanol–water partition coefficient (Wildman–Crippen LogP) is 3.16. The van der Waals surface area contributed by atoms with E-state index in [0.29, 0.717) is 6.04 Å². The molecule has 0 aromatic heterocycles. The number of halogens is 2. The molecule has 1 saturated heterocycles. The van der Waals surface area contributed by atoms with Gasteiger partial charge in [-0.05, 0) is 56.2 Å². The van der Waals surface area contributed by atoms with Crippen molar-refractivity contribution >= 4 is 15.9 Å². The molecule has 2 rings (SSSR count). The maximum atomic E-state index is 13.3. The fourth-order valence-electron chi connectivity index (χ4n) is 2.55. The minimum Gasteiger partial charge on any atom is -0.317 e. The van der Waals surface area contributed by atoms with Crippen molar-refractivity contribution in [2.75, 3.05) is 19.6 Å². The minimum absolute atomic E-state index is 0.158. The normalized spacial score (nSPS) is 17.3. The summed E-state index contributed by atoms with van der Waals surface area (Å²) in [5.41, 5.74) is 1.04. The van der Waals surface area contributed by atoms with Crippen LogP contribution in [0, 0.1) is 5.82 Å². The van der Waals surface area contributed by atoms with Crippen LogP contribution in [-0.4, -0.2) is 30.6 Å². The van der Waals surface area contributed by atoms with Gasteiger partial charge in [0.1, 0.15) is 5.82 Å². The quantitative estimate of drug-likeness (QED) is 0.918. The van der Waals surface area contributed by atoms with Gasteiger partial charge in [-0.25, -0.2) is 4.39 Å². The second-order valence-electron chi connectivity index (χ2n) is 4.78. The Morgan fingerprint density at radius 3 is 2.78 bits per heavy atom. The highest BCUT2D eigenvalue weighted by atomic mass is 79.9. The van der Waals surface area contributed by atoms with E-state index in [1.807, 2.05) is 0 Å². The molecule has 0 amide bonds. The number of hydrogen-bond donors (Lipinski definition) is 1. The van der Waals surface area contributed by atoms with E-state index in [1.54, 1.807) is 12.1 Å². The summed E-state index contributed by atoms with van der Waals surface area (Å²) >= 11 is 3.51. The monoisotopic (exact) mass is 314 g/mol. The standard InChI is InChI=1S/C14H20BrFN2/c1-2-18(13-5-7-17-8-6-13)10-11-9-12(16)3-4-14(11)15/h3-4,9,13,17H,2,5-8,10H2,1H3. The highest BCUT2D eigenvalue weighted by Gasteiger charge is 2.20. The van der Waals surface area contributed by atoms with E-state index in [0.717, 1.165) is 36.2 Å². The van der Waals surface area contributed by atoms with Gasteiger partial charge in [0.25, 0.3) is 0 Å². The summed E-state index contributed by atoms with van der Waals surface area (Å²) in [6.45, 7) is 6.18. The summed E-state index contributed by atoms with van der Waals surface area (Å²) < 4.78 is 14.3. The molecule has 1 heterocycles. The Balaban J connectivity index is 2.06. The van der Waals surface area contributed by atoms with Crippen LogP contribution in [-0.2, 0) is 6.54 Å². The van der Waals surface area contributed by atoms with Crippen molar-refractivity contribution in [1.29, 1.82) is 0 Å². The van der Waals surface area contributed by atoms with E-state index in [-0.39, 0.29) is 5.82 Å². The fourth-order valence-corrected chi connectivity index (χ4v) is 2.93. The lowest BCUT2D eigenvalue weighted by molar-refractivity contribution is 0.162. The Morgan fingerprint density at radius 1 is 1.39 bits per heavy atom. The minimum atomic E-state index is -0.158. The van der Waals surface area contributed by atoms with Crippen molar-refractivity contribution in [3.05, 3.63) is 34.1 Å². The lowest BCUT2D eigenvalue weighted by Crippen LogP contribution is -2.42. The van der Waals surface area contributed by atoms with Gasteiger partial charge in [-0.2, -0.15) is 0 Å². The van der Waals surface area contributed by atoms with E-state index >= 15 is 0 Å². The Hall–Kier alpha value is -0.450. The number of benzene rings is 1. The Bertz CT molecular complexity index is 391. The second kappa shape index (κ2) is 6.64. The smallest absolute Gasteiger partial charge is 0.123 e. The number of nitrogens with zero attached hydrogens (tertiary/aromatic N) is 1. The lowest BCUT2D eigenvalue weighted by atomic mass is 10.0. The van der Waals surface area contributed by atoms with Crippen LogP contribution in [0.15, 0.2) is 22.7 Å². The van der Waals surface area contributed by atoms with Gasteiger partial charge in [-0.3, -0.25) is 4.90 Å². The van der Waals surface area contributed by atoms with Crippen LogP contribution in [0.5, 0.6) is 0 Å². The van der Waals surface area contributed by atoms with E-state index < -0.39 is 0 Å². The second-order valence-corrected chi connectivity index (χ2v) is 5.63. The molecular formula is C14H20BrFN2. The maximum absolute atomic E-state index is 13.3. The summed E-state index contributed by atoms with van der Waals surface area (Å²) in [6.07, 6.45) is 2.36. The van der Waals surface area contributed by atoms with Gasteiger partial charge in [0.2, 0.25) is 0 Å². The number of rotatable bonds is 4. The van der Waals surface area contributed by atoms with Crippen LogP contribution in [0.2, 0.25) is 0 Å². The first kappa shape index (κ1) is 14.0. The molecule has 1 aromatic rings. The zero-order valence-corrected chi connectivity index (χ0v) is 12.3. The van der Waals surface area contributed by atoms with Gasteiger partial charge in [0, 0.05) is 17.1 Å². The lowest BCUT2D eigenvalue weighted by Gasteiger charge is -2.34. The summed E-state index contributed by atoms with van der Waals surface area (Å²) in [6, 6.07) is 5.54. The highest BCUT2D eigenvalue weighted by Crippen LogP contribution is 2.22. The fraction of sp³-hybridized carbons (Fsp3) is 0.571. The van der Waals surface area contributed by atoms with Gasteiger partial charge in [0.05, 0.1) is 0 Å². The van der Waals surface area contributed by atoms with Crippen LogP contribution >= 0.6 is 15.9 Å². The number of piperidine rings is 1. The molecule has 0 radical (unpaired) electrons. The third kappa shape index (κ3) is 3.53. The zero-order chi connectivity index (χ0) is 13.0. The van der Waals surface area contributed by atoms with Crippen molar-refractivity contribution in [1.82, 2.24) is 10.2 Å². The van der Waals surface area contributed by atoms with Gasteiger partial charge in [-0.1, -0.05) is 22.9 Å². The zero-order valence-electron chi connectivity index (χ0n) is 10.8. The van der Waals surface area contributed by atoms with E-state index in [1.165, 1.54) is 18.9 Å². The summed E-state index contributed by atoms with van der Waals surface area (Å²) in [5.74, 6) is -0.158. The van der Waals surface area contributed by atoms with Gasteiger partial charge >= 0.3 is 0 Å². The average molecular weight is 315 g/mol. The van der Waals surface area contributed by atoms with E-state index in [9.17, 15) is 4.39 Å². The topological polar surface area (TPSA) is 15.3 Å². The first-order valence-electron chi connectivity index (χ1n) is 6.59. The Kier molecular flexibility index (Phi) is 5.15. The predicted molar refractivity (Wildman–Crippen MR) is 76.1 cm³/mol. The molecule has 1 aliphatic heterocycles. The third-order valence-corrected chi connectivity index (χ3v) is 4.39. The number of hydrogen-bond acceptors (Lipinski definition) is 2. The van der Waals surface area contributed by atoms with Gasteiger partial charge in [0.15, 0.2) is 0 Å². The number of nitrogens with one attached hydrogen (secondary N) is 1. The largest absolute Gasteiger partial charge is 0.317 e. The van der Waals surface area contributed by atoms with Crippen molar-refractivity contribution in [2.24, 2.45) is 0 Å². The molecule has 100 valence electrons. The van der Waals surface area contributed by atoms with Crippen molar-refractivity contribution < 1.29 is 4.39 Å². The van der Waals surface area contributed by atoms with E-state index in [2.05, 4.69) is 33.1 Å². The Labute approximate surface area is 117 Å². The molecule has 1 aliphatic rings. The molecule has 0 spiro atoms. The maximum Gasteiger partial charge on any atom is 0.123 e. The molecule has 4 heteroatoms. The third-order valence-electron chi connectivity index (χ3n) is 3.61. The first-order chi connectivity index (χ1) is 8.70. The first-order valence-corrected chi connectivity index (χ1v) is 7.38. The molecule has 0 unspecified atom stereocenters. The molecule has 0 aliphatic carbocycles. The summed E-state index contributed by atoms with van der Waals surface area (Å²) in [5, 5.41) is 3.38. The molecule has 1 fully saturated rings. The summed E-state index contributed by atoms with van der Waals surface area (Å²) in [7, 11) is 0.